The number of nitrogens with zero attached hydrogens (tertiary/aromatic N) is 1. The average molecular weight is 300 g/mol. The lowest BCUT2D eigenvalue weighted by atomic mass is 10.1. The van der Waals surface area contributed by atoms with Gasteiger partial charge in [-0.05, 0) is 35.7 Å². The minimum absolute atomic E-state index is 0.0226. The summed E-state index contributed by atoms with van der Waals surface area (Å²) in [7, 11) is 0. The van der Waals surface area contributed by atoms with Gasteiger partial charge in [0, 0.05) is 12.2 Å². The first-order valence-corrected chi connectivity index (χ1v) is 7.10. The molecule has 2 rings (SSSR count). The standard InChI is InChI=1S/C16H20N4O2/c17-16(18)19-9-3-6-14(15(21)22)20-13-8-7-11-4-1-2-5-12(11)10-13/h1-2,4-5,7-8,10,14,20H,3,6,9H2,(H,21,22)(H4,17,18,19). The molecule has 116 valence electrons. The zero-order valence-corrected chi connectivity index (χ0v) is 12.2. The average Bonchev–Trinajstić information content (AvgIpc) is 2.49. The summed E-state index contributed by atoms with van der Waals surface area (Å²) in [6, 6.07) is 13.1. The van der Waals surface area contributed by atoms with Crippen molar-refractivity contribution in [3.8, 4) is 0 Å². The Morgan fingerprint density at radius 1 is 1.18 bits per heavy atom. The van der Waals surface area contributed by atoms with Crippen LogP contribution in [0, 0.1) is 0 Å². The van der Waals surface area contributed by atoms with E-state index in [4.69, 9.17) is 11.5 Å². The zero-order chi connectivity index (χ0) is 15.9. The minimum atomic E-state index is -0.891. The first-order valence-electron chi connectivity index (χ1n) is 7.10. The van der Waals surface area contributed by atoms with Crippen molar-refractivity contribution >= 4 is 28.4 Å². The molecule has 2 aromatic carbocycles. The topological polar surface area (TPSA) is 114 Å². The van der Waals surface area contributed by atoms with Crippen LogP contribution in [-0.4, -0.2) is 29.6 Å². The third kappa shape index (κ3) is 4.37. The second kappa shape index (κ2) is 7.31. The van der Waals surface area contributed by atoms with Gasteiger partial charge in [-0.2, -0.15) is 0 Å². The highest BCUT2D eigenvalue weighted by molar-refractivity contribution is 5.86. The van der Waals surface area contributed by atoms with E-state index >= 15 is 0 Å². The summed E-state index contributed by atoms with van der Waals surface area (Å²) in [6.07, 6.45) is 1.04. The van der Waals surface area contributed by atoms with Gasteiger partial charge in [0.15, 0.2) is 5.96 Å². The fourth-order valence-corrected chi connectivity index (χ4v) is 2.24. The molecule has 0 radical (unpaired) electrons. The summed E-state index contributed by atoms with van der Waals surface area (Å²) in [6.45, 7) is 0.422. The van der Waals surface area contributed by atoms with E-state index in [2.05, 4.69) is 10.3 Å². The second-order valence-corrected chi connectivity index (χ2v) is 5.05. The molecular formula is C16H20N4O2. The van der Waals surface area contributed by atoms with Crippen LogP contribution in [0.4, 0.5) is 5.69 Å². The maximum absolute atomic E-state index is 11.3. The Hall–Kier alpha value is -2.76. The van der Waals surface area contributed by atoms with Crippen LogP contribution >= 0.6 is 0 Å². The lowest BCUT2D eigenvalue weighted by Gasteiger charge is -2.15. The predicted molar refractivity (Wildman–Crippen MR) is 88.9 cm³/mol. The molecule has 0 amide bonds. The monoisotopic (exact) mass is 300 g/mol. The van der Waals surface area contributed by atoms with Crippen LogP contribution in [0.5, 0.6) is 0 Å². The van der Waals surface area contributed by atoms with E-state index in [9.17, 15) is 9.90 Å². The molecule has 6 N–H and O–H groups in total. The normalized spacial score (nSPS) is 11.8. The molecule has 0 saturated heterocycles. The third-order valence-electron chi connectivity index (χ3n) is 3.33. The molecule has 0 spiro atoms. The molecule has 0 aliphatic rings. The maximum Gasteiger partial charge on any atom is 0.326 e. The molecule has 0 aromatic heterocycles. The smallest absolute Gasteiger partial charge is 0.326 e. The number of benzene rings is 2. The number of aliphatic carboxylic acids is 1. The van der Waals surface area contributed by atoms with Crippen molar-refractivity contribution in [3.05, 3.63) is 42.5 Å². The van der Waals surface area contributed by atoms with Gasteiger partial charge in [0.05, 0.1) is 0 Å². The van der Waals surface area contributed by atoms with Crippen molar-refractivity contribution in [2.24, 2.45) is 16.5 Å². The van der Waals surface area contributed by atoms with E-state index in [1.54, 1.807) is 0 Å². The van der Waals surface area contributed by atoms with E-state index in [0.717, 1.165) is 16.5 Å². The highest BCUT2D eigenvalue weighted by Gasteiger charge is 2.16. The number of hydrogen-bond donors (Lipinski definition) is 4. The summed E-state index contributed by atoms with van der Waals surface area (Å²) in [5.41, 5.74) is 11.3. The molecule has 0 aliphatic heterocycles. The van der Waals surface area contributed by atoms with Crippen molar-refractivity contribution in [2.75, 3.05) is 11.9 Å². The lowest BCUT2D eigenvalue weighted by molar-refractivity contribution is -0.138. The Labute approximate surface area is 128 Å². The Balaban J connectivity index is 2.02. The minimum Gasteiger partial charge on any atom is -0.480 e. The van der Waals surface area contributed by atoms with E-state index in [-0.39, 0.29) is 5.96 Å². The zero-order valence-electron chi connectivity index (χ0n) is 12.2. The van der Waals surface area contributed by atoms with E-state index in [1.165, 1.54) is 0 Å². The van der Waals surface area contributed by atoms with E-state index < -0.39 is 12.0 Å². The highest BCUT2D eigenvalue weighted by atomic mass is 16.4. The molecular weight excluding hydrogens is 280 g/mol. The number of rotatable bonds is 7. The van der Waals surface area contributed by atoms with Crippen LogP contribution < -0.4 is 16.8 Å². The molecule has 1 unspecified atom stereocenters. The van der Waals surface area contributed by atoms with Crippen molar-refractivity contribution in [1.82, 2.24) is 0 Å². The Morgan fingerprint density at radius 2 is 1.91 bits per heavy atom. The van der Waals surface area contributed by atoms with Crippen molar-refractivity contribution in [1.29, 1.82) is 0 Å². The number of carboxylic acid groups (broad SMARTS) is 1. The van der Waals surface area contributed by atoms with Gasteiger partial charge in [0.2, 0.25) is 0 Å². The number of hydrogen-bond acceptors (Lipinski definition) is 3. The Kier molecular flexibility index (Phi) is 5.19. The van der Waals surface area contributed by atoms with Gasteiger partial charge in [-0.1, -0.05) is 30.3 Å². The van der Waals surface area contributed by atoms with Gasteiger partial charge in [0.1, 0.15) is 6.04 Å². The van der Waals surface area contributed by atoms with Crippen molar-refractivity contribution in [3.63, 3.8) is 0 Å². The van der Waals surface area contributed by atoms with Crippen LogP contribution in [-0.2, 0) is 4.79 Å². The van der Waals surface area contributed by atoms with Crippen LogP contribution in [0.2, 0.25) is 0 Å². The highest BCUT2D eigenvalue weighted by Crippen LogP contribution is 2.20. The molecule has 6 nitrogen and oxygen atoms in total. The first kappa shape index (κ1) is 15.6. The largest absolute Gasteiger partial charge is 0.480 e. The quantitative estimate of drug-likeness (QED) is 0.353. The Bertz CT molecular complexity index is 681. The van der Waals surface area contributed by atoms with Gasteiger partial charge >= 0.3 is 5.97 Å². The lowest BCUT2D eigenvalue weighted by Crippen LogP contribution is -2.29. The molecule has 1 atom stereocenters. The molecule has 2 aromatic rings. The number of nitrogens with two attached hydrogens (primary N) is 2. The van der Waals surface area contributed by atoms with Crippen LogP contribution in [0.25, 0.3) is 10.8 Å². The van der Waals surface area contributed by atoms with Gasteiger partial charge < -0.3 is 21.9 Å². The fraction of sp³-hybridized carbons (Fsp3) is 0.250. The molecule has 6 heteroatoms. The first-order chi connectivity index (χ1) is 10.6. The number of fused-ring (bicyclic) bond motifs is 1. The molecule has 0 saturated carbocycles. The second-order valence-electron chi connectivity index (χ2n) is 5.05. The molecule has 0 heterocycles. The summed E-state index contributed by atoms with van der Waals surface area (Å²) >= 11 is 0. The van der Waals surface area contributed by atoms with Crippen LogP contribution in [0.3, 0.4) is 0 Å². The van der Waals surface area contributed by atoms with Crippen molar-refractivity contribution in [2.45, 2.75) is 18.9 Å². The van der Waals surface area contributed by atoms with Crippen molar-refractivity contribution < 1.29 is 9.90 Å². The number of carboxylic acids is 1. The molecule has 0 bridgehead atoms. The molecule has 0 fully saturated rings. The Morgan fingerprint density at radius 3 is 2.59 bits per heavy atom. The molecule has 0 aliphatic carbocycles. The van der Waals surface area contributed by atoms with Gasteiger partial charge in [-0.3, -0.25) is 4.99 Å². The number of carbonyl (C=O) groups is 1. The van der Waals surface area contributed by atoms with Crippen LogP contribution in [0.15, 0.2) is 47.5 Å². The number of anilines is 1. The SMILES string of the molecule is NC(N)=NCCCC(Nc1ccc2ccccc2c1)C(=O)O. The van der Waals surface area contributed by atoms with Gasteiger partial charge in [-0.25, -0.2) is 4.79 Å². The van der Waals surface area contributed by atoms with Gasteiger partial charge in [-0.15, -0.1) is 0 Å². The summed E-state index contributed by atoms with van der Waals surface area (Å²) in [4.78, 5) is 15.2. The number of guanidine groups is 1. The van der Waals surface area contributed by atoms with E-state index in [0.29, 0.717) is 19.4 Å². The number of aliphatic imine (C=N–C) groups is 1. The third-order valence-corrected chi connectivity index (χ3v) is 3.33. The number of nitrogens with one attached hydrogen (secondary N) is 1. The van der Waals surface area contributed by atoms with Gasteiger partial charge in [0.25, 0.3) is 0 Å². The van der Waals surface area contributed by atoms with E-state index in [1.807, 2.05) is 42.5 Å². The maximum atomic E-state index is 11.3. The predicted octanol–water partition coefficient (Wildman–Crippen LogP) is 1.76. The molecule has 22 heavy (non-hydrogen) atoms. The summed E-state index contributed by atoms with van der Waals surface area (Å²) in [5.74, 6) is -0.868. The fourth-order valence-electron chi connectivity index (χ4n) is 2.24. The van der Waals surface area contributed by atoms with Crippen LogP contribution in [0.1, 0.15) is 12.8 Å². The summed E-state index contributed by atoms with van der Waals surface area (Å²) in [5, 5.41) is 14.5. The summed E-state index contributed by atoms with van der Waals surface area (Å²) < 4.78 is 0.